The molecular formula is C10H14O4S. The van der Waals surface area contributed by atoms with Gasteiger partial charge < -0.3 is 14.9 Å². The van der Waals surface area contributed by atoms with Crippen LogP contribution in [0.3, 0.4) is 0 Å². The molecule has 0 saturated carbocycles. The third-order valence-corrected chi connectivity index (χ3v) is 2.97. The smallest absolute Gasteiger partial charge is 0.162 e. The molecule has 1 heterocycles. The molecule has 0 fully saturated rings. The molecule has 1 unspecified atom stereocenters. The number of fused-ring (bicyclic) bond motifs is 1. The van der Waals surface area contributed by atoms with Crippen molar-refractivity contribution in [2.45, 2.75) is 11.3 Å². The molecule has 1 aliphatic rings. The molecular weight excluding hydrogens is 216 g/mol. The summed E-state index contributed by atoms with van der Waals surface area (Å²) < 4.78 is 22.2. The van der Waals surface area contributed by atoms with Crippen molar-refractivity contribution in [3.8, 4) is 11.5 Å². The fourth-order valence-electron chi connectivity index (χ4n) is 1.32. The van der Waals surface area contributed by atoms with Crippen LogP contribution < -0.4 is 9.47 Å². The van der Waals surface area contributed by atoms with E-state index in [1.54, 1.807) is 12.3 Å². The maximum Gasteiger partial charge on any atom is 0.162 e. The van der Waals surface area contributed by atoms with Gasteiger partial charge in [0.15, 0.2) is 11.5 Å². The van der Waals surface area contributed by atoms with Crippen LogP contribution >= 0.6 is 0 Å². The van der Waals surface area contributed by atoms with Crippen LogP contribution in [0.25, 0.3) is 0 Å². The zero-order valence-corrected chi connectivity index (χ0v) is 9.30. The summed E-state index contributed by atoms with van der Waals surface area (Å²) in [6.07, 6.45) is 2.54. The normalized spacial score (nSPS) is 16.1. The summed E-state index contributed by atoms with van der Waals surface area (Å²) in [5.41, 5.74) is 0. The fourth-order valence-corrected chi connectivity index (χ4v) is 1.86. The molecule has 4 nitrogen and oxygen atoms in total. The molecule has 0 saturated heterocycles. The van der Waals surface area contributed by atoms with Crippen molar-refractivity contribution in [3.05, 3.63) is 18.2 Å². The summed E-state index contributed by atoms with van der Waals surface area (Å²) in [7, 11) is -0.968. The average molecular weight is 230 g/mol. The molecule has 1 aromatic carbocycles. The zero-order valence-electron chi connectivity index (χ0n) is 8.49. The van der Waals surface area contributed by atoms with Crippen molar-refractivity contribution >= 4 is 10.8 Å². The van der Waals surface area contributed by atoms with Crippen LogP contribution in [0.2, 0.25) is 0 Å². The van der Waals surface area contributed by atoms with E-state index >= 15 is 0 Å². The first kappa shape index (κ1) is 12.0. The van der Waals surface area contributed by atoms with E-state index in [-0.39, 0.29) is 5.48 Å². The van der Waals surface area contributed by atoms with Gasteiger partial charge in [0.05, 0.1) is 13.2 Å². The molecule has 5 heteroatoms. The minimum atomic E-state index is -0.968. The standard InChI is InChI=1S/C10H12O3S.H2O/c1-14(11)8-3-4-9-10(7-8)13-6-2-5-12-9;/h3-4,7H,2,5-6H2,1H3;1H2. The molecule has 0 amide bonds. The van der Waals surface area contributed by atoms with Crippen molar-refractivity contribution in [1.29, 1.82) is 0 Å². The fraction of sp³-hybridized carbons (Fsp3) is 0.400. The Balaban J connectivity index is 0.00000112. The van der Waals surface area contributed by atoms with Gasteiger partial charge in [0.2, 0.25) is 0 Å². The largest absolute Gasteiger partial charge is 0.490 e. The molecule has 0 bridgehead atoms. The lowest BCUT2D eigenvalue weighted by Crippen LogP contribution is -1.97. The predicted molar refractivity (Wildman–Crippen MR) is 58.0 cm³/mol. The van der Waals surface area contributed by atoms with E-state index in [0.29, 0.717) is 19.0 Å². The molecule has 0 spiro atoms. The quantitative estimate of drug-likeness (QED) is 0.715. The first-order valence-corrected chi connectivity index (χ1v) is 6.06. The van der Waals surface area contributed by atoms with Gasteiger partial charge in [0.1, 0.15) is 0 Å². The van der Waals surface area contributed by atoms with E-state index in [0.717, 1.165) is 17.1 Å². The summed E-state index contributed by atoms with van der Waals surface area (Å²) in [5, 5.41) is 0. The monoisotopic (exact) mass is 230 g/mol. The van der Waals surface area contributed by atoms with Crippen LogP contribution in [0, 0.1) is 0 Å². The van der Waals surface area contributed by atoms with Crippen LogP contribution in [-0.2, 0) is 10.8 Å². The van der Waals surface area contributed by atoms with Crippen molar-refractivity contribution in [2.75, 3.05) is 19.5 Å². The van der Waals surface area contributed by atoms with Gasteiger partial charge in [-0.15, -0.1) is 0 Å². The highest BCUT2D eigenvalue weighted by Crippen LogP contribution is 2.31. The van der Waals surface area contributed by atoms with Crippen LogP contribution in [0.5, 0.6) is 11.5 Å². The van der Waals surface area contributed by atoms with Gasteiger partial charge in [0.25, 0.3) is 0 Å². The third-order valence-electron chi connectivity index (χ3n) is 2.05. The van der Waals surface area contributed by atoms with Crippen LogP contribution in [0.1, 0.15) is 6.42 Å². The average Bonchev–Trinajstić information content (AvgIpc) is 2.41. The minimum absolute atomic E-state index is 0. The Bertz CT molecular complexity index is 364. The highest BCUT2D eigenvalue weighted by molar-refractivity contribution is 7.84. The molecule has 0 radical (unpaired) electrons. The Labute approximate surface area is 91.0 Å². The van der Waals surface area contributed by atoms with Crippen molar-refractivity contribution in [3.63, 3.8) is 0 Å². The molecule has 1 aliphatic heterocycles. The second-order valence-corrected chi connectivity index (χ2v) is 4.49. The van der Waals surface area contributed by atoms with Crippen LogP contribution in [-0.4, -0.2) is 29.2 Å². The second kappa shape index (κ2) is 5.14. The maximum absolute atomic E-state index is 11.2. The summed E-state index contributed by atoms with van der Waals surface area (Å²) in [6, 6.07) is 5.41. The van der Waals surface area contributed by atoms with Crippen molar-refractivity contribution < 1.29 is 19.2 Å². The lowest BCUT2D eigenvalue weighted by Gasteiger charge is -2.07. The van der Waals surface area contributed by atoms with E-state index in [2.05, 4.69) is 0 Å². The van der Waals surface area contributed by atoms with Gasteiger partial charge in [-0.05, 0) is 12.1 Å². The highest BCUT2D eigenvalue weighted by atomic mass is 32.2. The molecule has 2 rings (SSSR count). The number of rotatable bonds is 1. The first-order chi connectivity index (χ1) is 6.77. The van der Waals surface area contributed by atoms with E-state index in [1.165, 1.54) is 0 Å². The Hall–Kier alpha value is -1.07. The maximum atomic E-state index is 11.2. The van der Waals surface area contributed by atoms with Gasteiger partial charge in [-0.1, -0.05) is 0 Å². The lowest BCUT2D eigenvalue weighted by atomic mass is 10.3. The highest BCUT2D eigenvalue weighted by Gasteiger charge is 2.11. The number of benzene rings is 1. The Morgan fingerprint density at radius 2 is 1.87 bits per heavy atom. The molecule has 1 aromatic rings. The van der Waals surface area contributed by atoms with Gasteiger partial charge in [-0.25, -0.2) is 0 Å². The number of hydrogen-bond acceptors (Lipinski definition) is 3. The molecule has 15 heavy (non-hydrogen) atoms. The summed E-state index contributed by atoms with van der Waals surface area (Å²) >= 11 is 0. The second-order valence-electron chi connectivity index (χ2n) is 3.11. The Morgan fingerprint density at radius 3 is 2.53 bits per heavy atom. The third kappa shape index (κ3) is 2.70. The van der Waals surface area contributed by atoms with Crippen LogP contribution in [0.4, 0.5) is 0 Å². The van der Waals surface area contributed by atoms with Crippen LogP contribution in [0.15, 0.2) is 23.1 Å². The Morgan fingerprint density at radius 1 is 1.20 bits per heavy atom. The summed E-state index contributed by atoms with van der Waals surface area (Å²) in [6.45, 7) is 1.34. The van der Waals surface area contributed by atoms with E-state index in [9.17, 15) is 4.21 Å². The summed E-state index contributed by atoms with van der Waals surface area (Å²) in [5.74, 6) is 1.45. The first-order valence-electron chi connectivity index (χ1n) is 4.50. The SMILES string of the molecule is CS(=O)c1ccc2c(c1)OCCCO2.O. The van der Waals surface area contributed by atoms with Crippen molar-refractivity contribution in [2.24, 2.45) is 0 Å². The Kier molecular flexibility index (Phi) is 4.11. The topological polar surface area (TPSA) is 67.0 Å². The lowest BCUT2D eigenvalue weighted by molar-refractivity contribution is 0.297. The van der Waals surface area contributed by atoms with E-state index < -0.39 is 10.8 Å². The number of ether oxygens (including phenoxy) is 2. The molecule has 84 valence electrons. The van der Waals surface area contributed by atoms with E-state index in [1.807, 2.05) is 12.1 Å². The molecule has 0 aliphatic carbocycles. The van der Waals surface area contributed by atoms with Gasteiger partial charge in [-0.3, -0.25) is 4.21 Å². The molecule has 2 N–H and O–H groups in total. The molecule has 0 aromatic heterocycles. The van der Waals surface area contributed by atoms with E-state index in [4.69, 9.17) is 9.47 Å². The predicted octanol–water partition coefficient (Wildman–Crippen LogP) is 0.761. The van der Waals surface area contributed by atoms with Gasteiger partial charge in [-0.2, -0.15) is 0 Å². The zero-order chi connectivity index (χ0) is 9.97. The van der Waals surface area contributed by atoms with Gasteiger partial charge >= 0.3 is 0 Å². The van der Waals surface area contributed by atoms with Gasteiger partial charge in [0, 0.05) is 34.4 Å². The minimum Gasteiger partial charge on any atom is -0.490 e. The molecule has 1 atom stereocenters. The van der Waals surface area contributed by atoms with Crippen molar-refractivity contribution in [1.82, 2.24) is 0 Å². The summed E-state index contributed by atoms with van der Waals surface area (Å²) in [4.78, 5) is 0.772. The number of hydrogen-bond donors (Lipinski definition) is 0.